The average molecular weight is 601 g/mol. The van der Waals surface area contributed by atoms with Crippen molar-refractivity contribution in [1.82, 2.24) is 15.3 Å². The van der Waals surface area contributed by atoms with Crippen LogP contribution in [-0.4, -0.2) is 28.1 Å². The summed E-state index contributed by atoms with van der Waals surface area (Å²) in [5.41, 5.74) is -1.64. The van der Waals surface area contributed by atoms with E-state index in [4.69, 9.17) is 0 Å². The Hall–Kier alpha value is -2.66. The van der Waals surface area contributed by atoms with Crippen LogP contribution < -0.4 is 10.2 Å². The quantitative estimate of drug-likeness (QED) is 0.286. The van der Waals surface area contributed by atoms with Crippen LogP contribution in [-0.2, 0) is 25.3 Å². The molecule has 1 N–H and O–H groups in total. The summed E-state index contributed by atoms with van der Waals surface area (Å²) in [4.78, 5) is 10.5. The van der Waals surface area contributed by atoms with Crippen molar-refractivity contribution in [3.63, 3.8) is 0 Å². The van der Waals surface area contributed by atoms with Crippen LogP contribution >= 0.6 is 15.9 Å². The number of hydrogen-bond acceptors (Lipinski definition) is 4. The molecule has 0 radical (unpaired) electrons. The van der Waals surface area contributed by atoms with Gasteiger partial charge in [0.1, 0.15) is 0 Å². The molecule has 204 valence electrons. The predicted molar refractivity (Wildman–Crippen MR) is 137 cm³/mol. The molecule has 0 spiro atoms. The number of nitrogens with zero attached hydrogens (tertiary/aromatic N) is 3. The van der Waals surface area contributed by atoms with Gasteiger partial charge in [-0.2, -0.15) is 26.3 Å². The Bertz CT molecular complexity index is 1170. The lowest BCUT2D eigenvalue weighted by molar-refractivity contribution is -0.143. The van der Waals surface area contributed by atoms with Crippen molar-refractivity contribution in [2.45, 2.75) is 69.6 Å². The van der Waals surface area contributed by atoms with Crippen molar-refractivity contribution in [3.05, 3.63) is 87.7 Å². The van der Waals surface area contributed by atoms with Gasteiger partial charge in [-0.05, 0) is 70.9 Å². The summed E-state index contributed by atoms with van der Waals surface area (Å²) >= 11 is 3.28. The molecule has 3 aromatic rings. The molecule has 2 heterocycles. The highest BCUT2D eigenvalue weighted by atomic mass is 79.9. The maximum atomic E-state index is 13.5. The molecule has 11 heteroatoms. The molecule has 4 nitrogen and oxygen atoms in total. The van der Waals surface area contributed by atoms with Crippen molar-refractivity contribution in [2.75, 3.05) is 4.90 Å². The molecule has 38 heavy (non-hydrogen) atoms. The van der Waals surface area contributed by atoms with Gasteiger partial charge < -0.3 is 10.2 Å². The third kappa shape index (κ3) is 7.25. The van der Waals surface area contributed by atoms with Crippen molar-refractivity contribution in [1.29, 1.82) is 0 Å². The van der Waals surface area contributed by atoms with Gasteiger partial charge in [0, 0.05) is 37.1 Å². The van der Waals surface area contributed by atoms with E-state index in [1.807, 2.05) is 37.3 Å². The Morgan fingerprint density at radius 2 is 1.45 bits per heavy atom. The van der Waals surface area contributed by atoms with Crippen molar-refractivity contribution < 1.29 is 26.3 Å². The lowest BCUT2D eigenvalue weighted by Crippen LogP contribution is -2.53. The van der Waals surface area contributed by atoms with E-state index >= 15 is 0 Å². The highest BCUT2D eigenvalue weighted by molar-refractivity contribution is 9.10. The van der Waals surface area contributed by atoms with Gasteiger partial charge in [-0.3, -0.25) is 0 Å². The Balaban J connectivity index is 1.71. The molecule has 1 saturated heterocycles. The number of piperidine rings is 1. The minimum Gasteiger partial charge on any atom is -0.333 e. The Morgan fingerprint density at radius 3 is 2.00 bits per heavy atom. The minimum absolute atomic E-state index is 0.0614. The predicted octanol–water partition coefficient (Wildman–Crippen LogP) is 7.43. The number of anilines is 1. The second-order valence-corrected chi connectivity index (χ2v) is 10.4. The van der Waals surface area contributed by atoms with E-state index in [0.717, 1.165) is 30.5 Å². The SMILES string of the molecule is CC[C@H]1CC(N(Cc2cc(C(F)(F)F)cc(C(F)(F)F)c2)c2ncc(Br)cn2)C[C@@H](Cc2ccccc2)N1. The van der Waals surface area contributed by atoms with Gasteiger partial charge in [0.15, 0.2) is 0 Å². The van der Waals surface area contributed by atoms with Crippen molar-refractivity contribution in [2.24, 2.45) is 0 Å². The highest BCUT2D eigenvalue weighted by Gasteiger charge is 2.38. The van der Waals surface area contributed by atoms with Crippen LogP contribution in [0.2, 0.25) is 0 Å². The Labute approximate surface area is 225 Å². The number of alkyl halides is 6. The normalized spacial score (nSPS) is 20.4. The average Bonchev–Trinajstić information content (AvgIpc) is 2.87. The summed E-state index contributed by atoms with van der Waals surface area (Å²) < 4.78 is 81.8. The van der Waals surface area contributed by atoms with Crippen molar-refractivity contribution >= 4 is 21.9 Å². The highest BCUT2D eigenvalue weighted by Crippen LogP contribution is 2.37. The van der Waals surface area contributed by atoms with Gasteiger partial charge in [-0.25, -0.2) is 9.97 Å². The van der Waals surface area contributed by atoms with Gasteiger partial charge in [0.05, 0.1) is 15.6 Å². The third-order valence-electron chi connectivity index (χ3n) is 6.71. The minimum atomic E-state index is -4.92. The van der Waals surface area contributed by atoms with Crippen LogP contribution in [0.25, 0.3) is 0 Å². The smallest absolute Gasteiger partial charge is 0.333 e. The largest absolute Gasteiger partial charge is 0.416 e. The molecular formula is C27H27BrF6N4. The van der Waals surface area contributed by atoms with Gasteiger partial charge in [-0.15, -0.1) is 0 Å². The van der Waals surface area contributed by atoms with E-state index < -0.39 is 23.5 Å². The zero-order chi connectivity index (χ0) is 27.5. The number of rotatable bonds is 7. The molecule has 1 unspecified atom stereocenters. The summed E-state index contributed by atoms with van der Waals surface area (Å²) in [5.74, 6) is 0.249. The summed E-state index contributed by atoms with van der Waals surface area (Å²) in [6.07, 6.45) is -3.98. The molecule has 0 bridgehead atoms. The van der Waals surface area contributed by atoms with Crippen LogP contribution in [0.3, 0.4) is 0 Å². The second-order valence-electron chi connectivity index (χ2n) is 9.53. The van der Waals surface area contributed by atoms with Crippen LogP contribution in [0, 0.1) is 0 Å². The first-order valence-corrected chi connectivity index (χ1v) is 13.0. The van der Waals surface area contributed by atoms with Crippen LogP contribution in [0.5, 0.6) is 0 Å². The van der Waals surface area contributed by atoms with Gasteiger partial charge in [-0.1, -0.05) is 37.3 Å². The first-order chi connectivity index (χ1) is 17.9. The van der Waals surface area contributed by atoms with Crippen LogP contribution in [0.1, 0.15) is 48.4 Å². The molecule has 0 saturated carbocycles. The molecule has 1 aliphatic rings. The zero-order valence-corrected chi connectivity index (χ0v) is 22.1. The molecule has 0 aliphatic carbocycles. The zero-order valence-electron chi connectivity index (χ0n) is 20.5. The maximum Gasteiger partial charge on any atom is 0.416 e. The third-order valence-corrected chi connectivity index (χ3v) is 7.12. The second kappa shape index (κ2) is 11.6. The van der Waals surface area contributed by atoms with E-state index in [1.165, 1.54) is 12.4 Å². The summed E-state index contributed by atoms with van der Waals surface area (Å²) in [7, 11) is 0. The van der Waals surface area contributed by atoms with Crippen LogP contribution in [0.4, 0.5) is 32.3 Å². The molecule has 3 atom stereocenters. The monoisotopic (exact) mass is 600 g/mol. The molecule has 1 aliphatic heterocycles. The fraction of sp³-hybridized carbons (Fsp3) is 0.407. The first kappa shape index (κ1) is 28.4. The van der Waals surface area contributed by atoms with Gasteiger partial charge >= 0.3 is 12.4 Å². The topological polar surface area (TPSA) is 41.1 Å². The fourth-order valence-electron chi connectivity index (χ4n) is 4.93. The Morgan fingerprint density at radius 1 is 0.868 bits per heavy atom. The van der Waals surface area contributed by atoms with E-state index in [0.29, 0.717) is 17.3 Å². The van der Waals surface area contributed by atoms with E-state index in [2.05, 4.69) is 31.2 Å². The molecular weight excluding hydrogens is 574 g/mol. The number of hydrogen-bond donors (Lipinski definition) is 1. The lowest BCUT2D eigenvalue weighted by Gasteiger charge is -2.42. The summed E-state index contributed by atoms with van der Waals surface area (Å²) in [6, 6.07) is 11.6. The van der Waals surface area contributed by atoms with Gasteiger partial charge in [0.2, 0.25) is 5.95 Å². The summed E-state index contributed by atoms with van der Waals surface area (Å²) in [6.45, 7) is 1.84. The van der Waals surface area contributed by atoms with E-state index in [-0.39, 0.29) is 42.2 Å². The standard InChI is InChI=1S/C27H27BrF6N4/c1-2-22-12-24(13-23(37-22)10-17-6-4-3-5-7-17)38(25-35-14-21(28)15-36-25)16-18-8-19(26(29,30)31)11-20(9-18)27(32,33)34/h3-9,11,14-15,22-24,37H,2,10,12-13,16H2,1H3/t22-,23+,24?/m0/s1. The molecule has 4 rings (SSSR count). The molecule has 0 amide bonds. The lowest BCUT2D eigenvalue weighted by atomic mass is 9.88. The van der Waals surface area contributed by atoms with E-state index in [1.54, 1.807) is 4.90 Å². The summed E-state index contributed by atoms with van der Waals surface area (Å²) in [5, 5.41) is 3.65. The van der Waals surface area contributed by atoms with Gasteiger partial charge in [0.25, 0.3) is 0 Å². The van der Waals surface area contributed by atoms with Crippen molar-refractivity contribution in [3.8, 4) is 0 Å². The number of aromatic nitrogens is 2. The number of benzene rings is 2. The molecule has 1 aromatic heterocycles. The molecule has 1 fully saturated rings. The van der Waals surface area contributed by atoms with Crippen LogP contribution in [0.15, 0.2) is 65.4 Å². The molecule has 2 aromatic carbocycles. The maximum absolute atomic E-state index is 13.5. The number of halogens is 7. The van der Waals surface area contributed by atoms with E-state index in [9.17, 15) is 26.3 Å². The first-order valence-electron chi connectivity index (χ1n) is 12.2. The fourth-order valence-corrected chi connectivity index (χ4v) is 5.13. The Kier molecular flexibility index (Phi) is 8.66. The number of nitrogens with one attached hydrogen (secondary N) is 1.